The Balaban J connectivity index is 1.33. The molecule has 0 radical (unpaired) electrons. The van der Waals surface area contributed by atoms with Crippen LogP contribution < -0.4 is 10.2 Å². The zero-order chi connectivity index (χ0) is 27.5. The van der Waals surface area contributed by atoms with Crippen molar-refractivity contribution >= 4 is 22.6 Å². The van der Waals surface area contributed by atoms with Gasteiger partial charge in [-0.2, -0.15) is 0 Å². The van der Waals surface area contributed by atoms with Crippen LogP contribution in [0.15, 0.2) is 60.8 Å². The summed E-state index contributed by atoms with van der Waals surface area (Å²) in [5.41, 5.74) is 5.83. The van der Waals surface area contributed by atoms with Crippen molar-refractivity contribution in [1.29, 1.82) is 0 Å². The van der Waals surface area contributed by atoms with E-state index in [4.69, 9.17) is 19.4 Å². The SMILES string of the molecule is COC(C)c1cc(C(=O)NCc2cc3nc(-c4cccc(N5C[C@@H](C)O[C@@H](C)C5)n4)ccc3cn2)ccc1C. The molecule has 1 fully saturated rings. The minimum absolute atomic E-state index is 0.0867. The lowest BCUT2D eigenvalue weighted by molar-refractivity contribution is -0.00545. The molecule has 0 aliphatic carbocycles. The molecular weight excluding hydrogens is 490 g/mol. The zero-order valence-electron chi connectivity index (χ0n) is 23.1. The van der Waals surface area contributed by atoms with Crippen LogP contribution in [0.1, 0.15) is 54.1 Å². The standard InChI is InChI=1S/C31H35N5O3/c1-19-9-10-23(13-26(19)22(4)38-5)31(37)33-16-25-14-29-24(15-32-25)11-12-28(34-29)27-7-6-8-30(35-27)36-17-20(2)39-21(3)18-36/h6-15,20-22H,16-18H2,1-5H3,(H,33,37)/t20-,21+,22?. The summed E-state index contributed by atoms with van der Waals surface area (Å²) in [6, 6.07) is 17.6. The number of benzene rings is 1. The number of anilines is 1. The van der Waals surface area contributed by atoms with Gasteiger partial charge in [-0.25, -0.2) is 9.97 Å². The van der Waals surface area contributed by atoms with E-state index in [2.05, 4.69) is 29.0 Å². The van der Waals surface area contributed by atoms with Crippen molar-refractivity contribution < 1.29 is 14.3 Å². The van der Waals surface area contributed by atoms with Gasteiger partial charge in [0.2, 0.25) is 0 Å². The number of pyridine rings is 3. The Morgan fingerprint density at radius 2 is 1.85 bits per heavy atom. The molecule has 1 unspecified atom stereocenters. The summed E-state index contributed by atoms with van der Waals surface area (Å²) in [7, 11) is 1.67. The number of carbonyl (C=O) groups excluding carboxylic acids is 1. The van der Waals surface area contributed by atoms with Gasteiger partial charge in [0.1, 0.15) is 5.82 Å². The molecule has 3 aromatic heterocycles. The molecule has 202 valence electrons. The number of methoxy groups -OCH3 is 1. The number of aryl methyl sites for hydroxylation is 1. The number of ether oxygens (including phenoxy) is 2. The van der Waals surface area contributed by atoms with E-state index in [0.717, 1.165) is 58.0 Å². The number of fused-ring (bicyclic) bond motifs is 1. The molecule has 0 spiro atoms. The van der Waals surface area contributed by atoms with Crippen LogP contribution in [0.2, 0.25) is 0 Å². The van der Waals surface area contributed by atoms with Crippen molar-refractivity contribution in [3.8, 4) is 11.4 Å². The van der Waals surface area contributed by atoms with Crippen LogP contribution in [0.5, 0.6) is 0 Å². The van der Waals surface area contributed by atoms with Crippen LogP contribution >= 0.6 is 0 Å². The Bertz CT molecular complexity index is 1480. The van der Waals surface area contributed by atoms with E-state index >= 15 is 0 Å². The molecular formula is C31H35N5O3. The number of morpholine rings is 1. The molecule has 8 nitrogen and oxygen atoms in total. The summed E-state index contributed by atoms with van der Waals surface area (Å²) in [6.07, 6.45) is 2.02. The summed E-state index contributed by atoms with van der Waals surface area (Å²) in [5, 5.41) is 3.91. The first-order chi connectivity index (χ1) is 18.8. The van der Waals surface area contributed by atoms with Crippen LogP contribution in [-0.2, 0) is 16.0 Å². The maximum absolute atomic E-state index is 12.9. The minimum atomic E-state index is -0.157. The van der Waals surface area contributed by atoms with Gasteiger partial charge in [-0.05, 0) is 81.3 Å². The molecule has 1 aromatic carbocycles. The number of hydrogen-bond donors (Lipinski definition) is 1. The fourth-order valence-electron chi connectivity index (χ4n) is 5.02. The van der Waals surface area contributed by atoms with Gasteiger partial charge >= 0.3 is 0 Å². The van der Waals surface area contributed by atoms with Crippen LogP contribution in [0.25, 0.3) is 22.3 Å². The molecule has 8 heteroatoms. The lowest BCUT2D eigenvalue weighted by Crippen LogP contribution is -2.45. The minimum Gasteiger partial charge on any atom is -0.377 e. The van der Waals surface area contributed by atoms with Crippen molar-refractivity contribution in [1.82, 2.24) is 20.3 Å². The Hall–Kier alpha value is -3.88. The second-order valence-corrected chi connectivity index (χ2v) is 10.2. The summed E-state index contributed by atoms with van der Waals surface area (Å²) >= 11 is 0. The van der Waals surface area contributed by atoms with Crippen LogP contribution in [0, 0.1) is 6.92 Å². The smallest absolute Gasteiger partial charge is 0.251 e. The molecule has 1 N–H and O–H groups in total. The lowest BCUT2D eigenvalue weighted by Gasteiger charge is -2.36. The van der Waals surface area contributed by atoms with Gasteiger partial charge in [-0.1, -0.05) is 12.1 Å². The van der Waals surface area contributed by atoms with Crippen molar-refractivity contribution in [2.45, 2.75) is 52.6 Å². The van der Waals surface area contributed by atoms with Gasteiger partial charge in [-0.3, -0.25) is 9.78 Å². The Labute approximate surface area is 229 Å². The van der Waals surface area contributed by atoms with E-state index in [1.165, 1.54) is 0 Å². The first-order valence-corrected chi connectivity index (χ1v) is 13.4. The normalized spacial score (nSPS) is 18.2. The summed E-state index contributed by atoms with van der Waals surface area (Å²) in [4.78, 5) is 29.5. The molecule has 39 heavy (non-hydrogen) atoms. The molecule has 3 atom stereocenters. The van der Waals surface area contributed by atoms with Crippen molar-refractivity contribution in [2.75, 3.05) is 25.1 Å². The van der Waals surface area contributed by atoms with Crippen molar-refractivity contribution in [3.63, 3.8) is 0 Å². The maximum Gasteiger partial charge on any atom is 0.251 e. The van der Waals surface area contributed by atoms with Crippen LogP contribution in [0.4, 0.5) is 5.82 Å². The molecule has 4 heterocycles. The number of rotatable bonds is 7. The molecule has 5 rings (SSSR count). The highest BCUT2D eigenvalue weighted by Crippen LogP contribution is 2.25. The third-order valence-corrected chi connectivity index (χ3v) is 7.13. The third-order valence-electron chi connectivity index (χ3n) is 7.13. The fraction of sp³-hybridized carbons (Fsp3) is 0.355. The first-order valence-electron chi connectivity index (χ1n) is 13.4. The van der Waals surface area contributed by atoms with Crippen LogP contribution in [-0.4, -0.2) is 53.3 Å². The number of nitrogens with zero attached hydrogens (tertiary/aromatic N) is 4. The largest absolute Gasteiger partial charge is 0.377 e. The number of carbonyl (C=O) groups is 1. The Morgan fingerprint density at radius 1 is 1.08 bits per heavy atom. The monoisotopic (exact) mass is 525 g/mol. The average molecular weight is 526 g/mol. The second kappa shape index (κ2) is 11.5. The maximum atomic E-state index is 12.9. The molecule has 1 saturated heterocycles. The van der Waals surface area contributed by atoms with E-state index in [9.17, 15) is 4.79 Å². The molecule has 1 aliphatic rings. The third kappa shape index (κ3) is 6.08. The topological polar surface area (TPSA) is 89.5 Å². The van der Waals surface area contributed by atoms with E-state index in [-0.39, 0.29) is 24.2 Å². The van der Waals surface area contributed by atoms with Gasteiger partial charge in [0.15, 0.2) is 0 Å². The summed E-state index contributed by atoms with van der Waals surface area (Å²) < 4.78 is 11.3. The first kappa shape index (κ1) is 26.7. The van der Waals surface area contributed by atoms with E-state index < -0.39 is 0 Å². The zero-order valence-corrected chi connectivity index (χ0v) is 23.1. The summed E-state index contributed by atoms with van der Waals surface area (Å²) in [6.45, 7) is 10.1. The van der Waals surface area contributed by atoms with Gasteiger partial charge in [-0.15, -0.1) is 0 Å². The Kier molecular flexibility index (Phi) is 7.86. The van der Waals surface area contributed by atoms with Crippen molar-refractivity contribution in [3.05, 3.63) is 83.2 Å². The second-order valence-electron chi connectivity index (χ2n) is 10.2. The average Bonchev–Trinajstić information content (AvgIpc) is 2.95. The van der Waals surface area contributed by atoms with Gasteiger partial charge < -0.3 is 19.7 Å². The molecule has 4 aromatic rings. The van der Waals surface area contributed by atoms with E-state index in [1.54, 1.807) is 13.3 Å². The predicted octanol–water partition coefficient (Wildman–Crippen LogP) is 5.25. The van der Waals surface area contributed by atoms with Gasteiger partial charge in [0.25, 0.3) is 5.91 Å². The number of hydrogen-bond acceptors (Lipinski definition) is 7. The predicted molar refractivity (Wildman–Crippen MR) is 153 cm³/mol. The highest BCUT2D eigenvalue weighted by atomic mass is 16.5. The van der Waals surface area contributed by atoms with Gasteiger partial charge in [0, 0.05) is 37.3 Å². The molecule has 0 bridgehead atoms. The van der Waals surface area contributed by atoms with E-state index in [0.29, 0.717) is 12.1 Å². The van der Waals surface area contributed by atoms with Crippen LogP contribution in [0.3, 0.4) is 0 Å². The number of aromatic nitrogens is 3. The van der Waals surface area contributed by atoms with E-state index in [1.807, 2.05) is 68.4 Å². The van der Waals surface area contributed by atoms with Crippen molar-refractivity contribution in [2.24, 2.45) is 0 Å². The highest BCUT2D eigenvalue weighted by molar-refractivity contribution is 5.94. The quantitative estimate of drug-likeness (QED) is 0.352. The molecule has 1 amide bonds. The highest BCUT2D eigenvalue weighted by Gasteiger charge is 2.23. The lowest BCUT2D eigenvalue weighted by atomic mass is 10.0. The number of amides is 1. The van der Waals surface area contributed by atoms with Gasteiger partial charge in [0.05, 0.1) is 47.5 Å². The molecule has 0 saturated carbocycles. The summed E-state index contributed by atoms with van der Waals surface area (Å²) in [5.74, 6) is 0.768. The molecule has 1 aliphatic heterocycles. The fourth-order valence-corrected chi connectivity index (χ4v) is 5.02. The Morgan fingerprint density at radius 3 is 2.62 bits per heavy atom. The number of nitrogens with one attached hydrogen (secondary N) is 1.